The van der Waals surface area contributed by atoms with Crippen LogP contribution in [0.5, 0.6) is 5.75 Å². The second kappa shape index (κ2) is 5.22. The second-order valence-electron chi connectivity index (χ2n) is 6.06. The number of hydrogen-bond donors (Lipinski definition) is 3. The summed E-state index contributed by atoms with van der Waals surface area (Å²) in [6, 6.07) is 9.15. The number of aromatic amines is 1. The van der Waals surface area contributed by atoms with Gasteiger partial charge in [0.2, 0.25) is 0 Å². The summed E-state index contributed by atoms with van der Waals surface area (Å²) in [5.41, 5.74) is 3.81. The first kappa shape index (κ1) is 14.8. The number of fused-ring (bicyclic) bond motifs is 2. The zero-order chi connectivity index (χ0) is 17.8. The van der Waals surface area contributed by atoms with Crippen LogP contribution in [0.1, 0.15) is 17.2 Å². The highest BCUT2D eigenvalue weighted by Crippen LogP contribution is 2.42. The molecule has 0 spiro atoms. The zero-order valence-electron chi connectivity index (χ0n) is 13.2. The maximum absolute atomic E-state index is 13.9. The Balaban J connectivity index is 1.83. The van der Waals surface area contributed by atoms with Gasteiger partial charge in [-0.15, -0.1) is 10.2 Å². The van der Waals surface area contributed by atoms with E-state index in [0.29, 0.717) is 16.9 Å². The number of hydrogen-bond acceptors (Lipinski definition) is 5. The molecule has 1 aliphatic heterocycles. The quantitative estimate of drug-likeness (QED) is 0.488. The largest absolute Gasteiger partial charge is 0.503 e. The number of nitrogens with one attached hydrogen (secondary N) is 2. The van der Waals surface area contributed by atoms with Crippen molar-refractivity contribution in [2.24, 2.45) is 0 Å². The average molecular weight is 351 g/mol. The highest BCUT2D eigenvalue weighted by molar-refractivity contribution is 5.98. The van der Waals surface area contributed by atoms with Gasteiger partial charge in [0, 0.05) is 23.0 Å². The summed E-state index contributed by atoms with van der Waals surface area (Å²) in [5, 5.41) is 25.4. The Hall–Kier alpha value is -3.55. The van der Waals surface area contributed by atoms with Crippen LogP contribution >= 0.6 is 0 Å². The van der Waals surface area contributed by atoms with E-state index in [-0.39, 0.29) is 0 Å². The van der Waals surface area contributed by atoms with E-state index in [1.165, 1.54) is 0 Å². The Morgan fingerprint density at radius 1 is 1.04 bits per heavy atom. The third-order valence-corrected chi connectivity index (χ3v) is 4.58. The Bertz CT molecular complexity index is 1150. The summed E-state index contributed by atoms with van der Waals surface area (Å²) in [4.78, 5) is 3.03. The maximum atomic E-state index is 13.9. The van der Waals surface area contributed by atoms with E-state index in [4.69, 9.17) is 0 Å². The minimum Gasteiger partial charge on any atom is -0.503 e. The summed E-state index contributed by atoms with van der Waals surface area (Å²) in [5.74, 6) is -3.02. The molecule has 3 N–H and O–H groups in total. The summed E-state index contributed by atoms with van der Waals surface area (Å²) < 4.78 is 27.9. The van der Waals surface area contributed by atoms with Crippen LogP contribution in [0.3, 0.4) is 0 Å². The predicted octanol–water partition coefficient (Wildman–Crippen LogP) is 3.52. The van der Waals surface area contributed by atoms with Gasteiger partial charge in [0.05, 0.1) is 11.4 Å². The lowest BCUT2D eigenvalue weighted by atomic mass is 9.98. The molecule has 0 aliphatic carbocycles. The van der Waals surface area contributed by atoms with Crippen LogP contribution in [0, 0.1) is 11.6 Å². The average Bonchev–Trinajstić information content (AvgIpc) is 3.01. The number of nitrogens with zero attached hydrogens (tertiary/aromatic N) is 3. The first-order valence-corrected chi connectivity index (χ1v) is 7.87. The summed E-state index contributed by atoms with van der Waals surface area (Å²) in [6.07, 6.45) is 1.72. The number of aromatic nitrogens is 4. The van der Waals surface area contributed by atoms with Crippen molar-refractivity contribution in [3.05, 3.63) is 65.4 Å². The highest BCUT2D eigenvalue weighted by Gasteiger charge is 2.28. The summed E-state index contributed by atoms with van der Waals surface area (Å²) in [6.45, 7) is 0. The number of anilines is 1. The number of H-pyrrole nitrogens is 1. The lowest BCUT2D eigenvalue weighted by Gasteiger charge is -2.19. The molecule has 0 radical (unpaired) electrons. The Kier molecular flexibility index (Phi) is 2.96. The van der Waals surface area contributed by atoms with E-state index in [2.05, 4.69) is 25.7 Å². The number of aromatic hydroxyl groups is 1. The molecule has 0 saturated heterocycles. The lowest BCUT2D eigenvalue weighted by molar-refractivity contribution is 0.395. The predicted molar refractivity (Wildman–Crippen MR) is 90.6 cm³/mol. The fraction of sp³-hybridized carbons (Fsp3) is 0.0556. The van der Waals surface area contributed by atoms with Gasteiger partial charge in [-0.1, -0.05) is 18.2 Å². The molecule has 0 bridgehead atoms. The molecular weight excluding hydrogens is 340 g/mol. The standard InChI is InChI=1S/C18H11F2N5O/c19-11-5-8(6-12(20)17(11)26)15-10-7-21-18-14(10)16(23-25-24-18)9-3-1-2-4-13(9)22-15/h1-7,15,22,26H,(H,21,23,24). The maximum Gasteiger partial charge on any atom is 0.187 e. The van der Waals surface area contributed by atoms with Crippen molar-refractivity contribution >= 4 is 16.7 Å². The van der Waals surface area contributed by atoms with Crippen LogP contribution in [-0.4, -0.2) is 25.5 Å². The SMILES string of the molecule is Oc1c(F)cc(C2Nc3ccccc3-c3nnnc4[nH]cc2c34)cc1F. The third kappa shape index (κ3) is 1.98. The number of rotatable bonds is 1. The van der Waals surface area contributed by atoms with Crippen molar-refractivity contribution in [3.8, 4) is 17.0 Å². The van der Waals surface area contributed by atoms with Crippen LogP contribution in [0.25, 0.3) is 22.3 Å². The van der Waals surface area contributed by atoms with Gasteiger partial charge in [0.15, 0.2) is 23.0 Å². The molecule has 0 fully saturated rings. The smallest absolute Gasteiger partial charge is 0.187 e. The molecule has 6 nitrogen and oxygen atoms in total. The molecule has 3 heterocycles. The van der Waals surface area contributed by atoms with Crippen molar-refractivity contribution in [1.29, 1.82) is 0 Å². The van der Waals surface area contributed by atoms with Gasteiger partial charge in [0.1, 0.15) is 5.69 Å². The first-order valence-electron chi connectivity index (χ1n) is 7.87. The van der Waals surface area contributed by atoms with Gasteiger partial charge in [-0.25, -0.2) is 8.78 Å². The van der Waals surface area contributed by atoms with E-state index in [9.17, 15) is 13.9 Å². The lowest BCUT2D eigenvalue weighted by Crippen LogP contribution is -2.12. The van der Waals surface area contributed by atoms with Crippen molar-refractivity contribution in [1.82, 2.24) is 20.4 Å². The second-order valence-corrected chi connectivity index (χ2v) is 6.06. The van der Waals surface area contributed by atoms with Crippen LogP contribution in [0.4, 0.5) is 14.5 Å². The third-order valence-electron chi connectivity index (χ3n) is 4.58. The van der Waals surface area contributed by atoms with Crippen LogP contribution in [-0.2, 0) is 0 Å². The number of phenolic OH excluding ortho intramolecular Hbond substituents is 1. The molecule has 128 valence electrons. The summed E-state index contributed by atoms with van der Waals surface area (Å²) >= 11 is 0. The van der Waals surface area contributed by atoms with E-state index in [1.807, 2.05) is 24.3 Å². The molecule has 1 aliphatic rings. The fourth-order valence-electron chi connectivity index (χ4n) is 3.40. The zero-order valence-corrected chi connectivity index (χ0v) is 13.2. The number of para-hydroxylation sites is 1. The van der Waals surface area contributed by atoms with Gasteiger partial charge in [0.25, 0.3) is 0 Å². The molecule has 26 heavy (non-hydrogen) atoms. The van der Waals surface area contributed by atoms with Crippen molar-refractivity contribution < 1.29 is 13.9 Å². The molecule has 2 aromatic carbocycles. The number of benzene rings is 2. The first-order chi connectivity index (χ1) is 12.6. The Morgan fingerprint density at radius 3 is 2.62 bits per heavy atom. The van der Waals surface area contributed by atoms with Crippen molar-refractivity contribution in [3.63, 3.8) is 0 Å². The van der Waals surface area contributed by atoms with E-state index in [0.717, 1.165) is 34.3 Å². The van der Waals surface area contributed by atoms with Crippen molar-refractivity contribution in [2.45, 2.75) is 6.04 Å². The molecular formula is C18H11F2N5O. The van der Waals surface area contributed by atoms with Crippen molar-refractivity contribution in [2.75, 3.05) is 5.32 Å². The van der Waals surface area contributed by atoms with Crippen LogP contribution < -0.4 is 5.32 Å². The summed E-state index contributed by atoms with van der Waals surface area (Å²) in [7, 11) is 0. The van der Waals surface area contributed by atoms with E-state index >= 15 is 0 Å². The van der Waals surface area contributed by atoms with Gasteiger partial charge >= 0.3 is 0 Å². The van der Waals surface area contributed by atoms with Gasteiger partial charge < -0.3 is 15.4 Å². The minimum atomic E-state index is -1.02. The Morgan fingerprint density at radius 2 is 1.81 bits per heavy atom. The Labute approximate surface area is 145 Å². The molecule has 0 amide bonds. The van der Waals surface area contributed by atoms with E-state index in [1.54, 1.807) is 6.20 Å². The van der Waals surface area contributed by atoms with Gasteiger partial charge in [-0.2, -0.15) is 0 Å². The number of phenols is 1. The van der Waals surface area contributed by atoms with E-state index < -0.39 is 23.4 Å². The van der Waals surface area contributed by atoms with Gasteiger partial charge in [-0.05, 0) is 29.0 Å². The topological polar surface area (TPSA) is 86.7 Å². The highest BCUT2D eigenvalue weighted by atomic mass is 19.1. The molecule has 5 rings (SSSR count). The van der Waals surface area contributed by atoms with Crippen LogP contribution in [0.15, 0.2) is 42.6 Å². The molecule has 0 saturated carbocycles. The van der Waals surface area contributed by atoms with Crippen LogP contribution in [0.2, 0.25) is 0 Å². The molecule has 8 heteroatoms. The molecule has 1 atom stereocenters. The molecule has 2 aromatic heterocycles. The monoisotopic (exact) mass is 351 g/mol. The minimum absolute atomic E-state index is 0.332. The number of halogens is 2. The molecule has 1 unspecified atom stereocenters. The molecule has 4 aromatic rings. The van der Waals surface area contributed by atoms with Gasteiger partial charge in [-0.3, -0.25) is 0 Å². The normalized spacial score (nSPS) is 15.4. The fourth-order valence-corrected chi connectivity index (χ4v) is 3.40.